The van der Waals surface area contributed by atoms with E-state index in [4.69, 9.17) is 0 Å². The Kier molecular flexibility index (Phi) is 5.63. The minimum absolute atomic E-state index is 0.0673. The molecule has 1 amide bonds. The fraction of sp³-hybridized carbons (Fsp3) is 0.462. The molecule has 2 N–H and O–H groups in total. The minimum atomic E-state index is -0.234. The molecule has 0 aliphatic rings. The molecule has 17 heavy (non-hydrogen) atoms. The summed E-state index contributed by atoms with van der Waals surface area (Å²) in [6.45, 7) is 4.64. The second-order valence-electron chi connectivity index (χ2n) is 3.82. The Morgan fingerprint density at radius 2 is 2.06 bits per heavy atom. The smallest absolute Gasteiger partial charge is 0.233 e. The lowest BCUT2D eigenvalue weighted by molar-refractivity contribution is -0.120. The maximum atomic E-state index is 13.6. The number of hydrogen-bond donors (Lipinski definition) is 2. The predicted molar refractivity (Wildman–Crippen MR) is 66.1 cm³/mol. The van der Waals surface area contributed by atoms with Crippen LogP contribution >= 0.6 is 0 Å². The number of benzene rings is 1. The van der Waals surface area contributed by atoms with E-state index >= 15 is 0 Å². The van der Waals surface area contributed by atoms with Crippen LogP contribution in [0.25, 0.3) is 0 Å². The van der Waals surface area contributed by atoms with Gasteiger partial charge in [0.2, 0.25) is 5.91 Å². The molecule has 0 heterocycles. The summed E-state index contributed by atoms with van der Waals surface area (Å²) in [4.78, 5) is 11.3. The van der Waals surface area contributed by atoms with Crippen LogP contribution in [0.2, 0.25) is 0 Å². The molecule has 0 aromatic heterocycles. The van der Waals surface area contributed by atoms with Gasteiger partial charge in [0.05, 0.1) is 6.54 Å². The molecule has 1 aromatic rings. The van der Waals surface area contributed by atoms with Gasteiger partial charge < -0.3 is 10.6 Å². The molecule has 0 saturated carbocycles. The molecular weight excluding hydrogens is 219 g/mol. The summed E-state index contributed by atoms with van der Waals surface area (Å²) in [6.07, 6.45) is 0.736. The molecule has 94 valence electrons. The molecule has 1 atom stereocenters. The van der Waals surface area contributed by atoms with Gasteiger partial charge in [-0.05, 0) is 19.4 Å². The van der Waals surface area contributed by atoms with Gasteiger partial charge in [0.25, 0.3) is 0 Å². The lowest BCUT2D eigenvalue weighted by Crippen LogP contribution is -2.35. The highest BCUT2D eigenvalue weighted by molar-refractivity contribution is 5.77. The van der Waals surface area contributed by atoms with Gasteiger partial charge in [0, 0.05) is 18.2 Å². The van der Waals surface area contributed by atoms with Crippen molar-refractivity contribution in [2.45, 2.75) is 26.3 Å². The van der Waals surface area contributed by atoms with Crippen molar-refractivity contribution in [3.63, 3.8) is 0 Å². The number of halogens is 1. The maximum Gasteiger partial charge on any atom is 0.233 e. The van der Waals surface area contributed by atoms with Gasteiger partial charge >= 0.3 is 0 Å². The first kappa shape index (κ1) is 13.6. The van der Waals surface area contributed by atoms with E-state index in [1.807, 2.05) is 13.8 Å². The van der Waals surface area contributed by atoms with Crippen LogP contribution in [0, 0.1) is 5.82 Å². The molecular formula is C13H19FN2O. The normalized spacial score (nSPS) is 12.2. The van der Waals surface area contributed by atoms with Gasteiger partial charge in [-0.2, -0.15) is 0 Å². The molecule has 1 unspecified atom stereocenters. The highest BCUT2D eigenvalue weighted by Gasteiger charge is 2.13. The summed E-state index contributed by atoms with van der Waals surface area (Å²) in [5.41, 5.74) is 0.610. The summed E-state index contributed by atoms with van der Waals surface area (Å²) < 4.78 is 13.6. The molecule has 1 aromatic carbocycles. The number of carbonyl (C=O) groups excluding carboxylic acids is 1. The third-order valence-electron chi connectivity index (χ3n) is 2.57. The monoisotopic (exact) mass is 238 g/mol. The largest absolute Gasteiger partial charge is 0.355 e. The van der Waals surface area contributed by atoms with E-state index in [1.165, 1.54) is 6.07 Å². The molecule has 1 rings (SSSR count). The van der Waals surface area contributed by atoms with E-state index in [9.17, 15) is 9.18 Å². The van der Waals surface area contributed by atoms with E-state index in [2.05, 4.69) is 10.6 Å². The molecule has 0 saturated heterocycles. The third kappa shape index (κ3) is 4.15. The summed E-state index contributed by atoms with van der Waals surface area (Å²) >= 11 is 0. The number of rotatable bonds is 6. The van der Waals surface area contributed by atoms with Crippen LogP contribution in [0.4, 0.5) is 4.39 Å². The van der Waals surface area contributed by atoms with E-state index in [1.54, 1.807) is 18.2 Å². The van der Waals surface area contributed by atoms with Gasteiger partial charge in [-0.25, -0.2) is 4.39 Å². The Labute approximate surface area is 101 Å². The van der Waals surface area contributed by atoms with Crippen molar-refractivity contribution in [2.75, 3.05) is 13.1 Å². The zero-order chi connectivity index (χ0) is 12.7. The Morgan fingerprint density at radius 1 is 1.35 bits per heavy atom. The Hall–Kier alpha value is -1.42. The van der Waals surface area contributed by atoms with E-state index in [0.717, 1.165) is 6.42 Å². The summed E-state index contributed by atoms with van der Waals surface area (Å²) in [6, 6.07) is 6.52. The highest BCUT2D eigenvalue weighted by atomic mass is 19.1. The van der Waals surface area contributed by atoms with Crippen LogP contribution in [-0.4, -0.2) is 19.0 Å². The molecule has 3 nitrogen and oxygen atoms in total. The molecule has 0 bridgehead atoms. The second-order valence-corrected chi connectivity index (χ2v) is 3.82. The fourth-order valence-corrected chi connectivity index (χ4v) is 1.71. The Bertz CT molecular complexity index is 368. The van der Waals surface area contributed by atoms with Gasteiger partial charge in [0.1, 0.15) is 5.82 Å². The number of carbonyl (C=O) groups is 1. The van der Waals surface area contributed by atoms with Crippen molar-refractivity contribution < 1.29 is 9.18 Å². The van der Waals surface area contributed by atoms with Crippen LogP contribution in [0.5, 0.6) is 0 Å². The van der Waals surface area contributed by atoms with Gasteiger partial charge in [-0.1, -0.05) is 25.1 Å². The lowest BCUT2D eigenvalue weighted by atomic mass is 10.0. The van der Waals surface area contributed by atoms with Crippen LogP contribution in [0.1, 0.15) is 31.9 Å². The van der Waals surface area contributed by atoms with Gasteiger partial charge in [-0.3, -0.25) is 4.79 Å². The summed E-state index contributed by atoms with van der Waals surface area (Å²) in [7, 11) is 0. The Balaban J connectivity index is 2.60. The van der Waals surface area contributed by atoms with Crippen molar-refractivity contribution in [1.29, 1.82) is 0 Å². The molecule has 0 spiro atoms. The van der Waals surface area contributed by atoms with E-state index < -0.39 is 0 Å². The minimum Gasteiger partial charge on any atom is -0.355 e. The van der Waals surface area contributed by atoms with Crippen molar-refractivity contribution in [2.24, 2.45) is 0 Å². The van der Waals surface area contributed by atoms with Crippen molar-refractivity contribution in [3.05, 3.63) is 35.6 Å². The lowest BCUT2D eigenvalue weighted by Gasteiger charge is -2.17. The number of amides is 1. The average Bonchev–Trinajstić information content (AvgIpc) is 2.32. The zero-order valence-corrected chi connectivity index (χ0v) is 10.3. The van der Waals surface area contributed by atoms with Crippen molar-refractivity contribution in [3.8, 4) is 0 Å². The standard InChI is InChI=1S/C13H19FN2O/c1-3-12(16-9-13(17)15-4-2)10-7-5-6-8-11(10)14/h5-8,12,16H,3-4,9H2,1-2H3,(H,15,17). The molecule has 0 aliphatic heterocycles. The predicted octanol–water partition coefficient (Wildman–Crippen LogP) is 2.00. The summed E-state index contributed by atoms with van der Waals surface area (Å²) in [5, 5.41) is 5.75. The first-order valence-corrected chi connectivity index (χ1v) is 5.93. The SMILES string of the molecule is CCNC(=O)CNC(CC)c1ccccc1F. The first-order valence-electron chi connectivity index (χ1n) is 5.93. The van der Waals surface area contributed by atoms with Crippen molar-refractivity contribution in [1.82, 2.24) is 10.6 Å². The van der Waals surface area contributed by atoms with E-state index in [-0.39, 0.29) is 24.3 Å². The maximum absolute atomic E-state index is 13.6. The highest BCUT2D eigenvalue weighted by Crippen LogP contribution is 2.19. The van der Waals surface area contributed by atoms with Gasteiger partial charge in [0.15, 0.2) is 0 Å². The van der Waals surface area contributed by atoms with Gasteiger partial charge in [-0.15, -0.1) is 0 Å². The number of nitrogens with one attached hydrogen (secondary N) is 2. The average molecular weight is 238 g/mol. The van der Waals surface area contributed by atoms with Crippen LogP contribution in [0.15, 0.2) is 24.3 Å². The number of likely N-dealkylation sites (N-methyl/N-ethyl adjacent to an activating group) is 1. The quantitative estimate of drug-likeness (QED) is 0.796. The topological polar surface area (TPSA) is 41.1 Å². The fourth-order valence-electron chi connectivity index (χ4n) is 1.71. The van der Waals surface area contributed by atoms with Crippen LogP contribution in [0.3, 0.4) is 0 Å². The first-order chi connectivity index (χ1) is 8.19. The van der Waals surface area contributed by atoms with Crippen molar-refractivity contribution >= 4 is 5.91 Å². The van der Waals surface area contributed by atoms with Crippen LogP contribution < -0.4 is 10.6 Å². The molecule has 4 heteroatoms. The molecule has 0 fully saturated rings. The number of hydrogen-bond acceptors (Lipinski definition) is 2. The second kappa shape index (κ2) is 7.01. The van der Waals surface area contributed by atoms with E-state index in [0.29, 0.717) is 12.1 Å². The summed E-state index contributed by atoms with van der Waals surface area (Å²) in [5.74, 6) is -0.301. The third-order valence-corrected chi connectivity index (χ3v) is 2.57. The molecule has 0 radical (unpaired) electrons. The molecule has 0 aliphatic carbocycles. The van der Waals surface area contributed by atoms with Crippen LogP contribution in [-0.2, 0) is 4.79 Å². The Morgan fingerprint density at radius 3 is 2.65 bits per heavy atom. The zero-order valence-electron chi connectivity index (χ0n) is 10.3.